The van der Waals surface area contributed by atoms with Crippen molar-refractivity contribution in [3.8, 4) is 0 Å². The van der Waals surface area contributed by atoms with Crippen LogP contribution >= 0.6 is 11.6 Å². The summed E-state index contributed by atoms with van der Waals surface area (Å²) in [5.74, 6) is 0.853. The summed E-state index contributed by atoms with van der Waals surface area (Å²) >= 11 is 5.79. The molecule has 0 aliphatic carbocycles. The van der Waals surface area contributed by atoms with Gasteiger partial charge in [-0.3, -0.25) is 4.90 Å². The monoisotopic (exact) mass is 290 g/mol. The van der Waals surface area contributed by atoms with E-state index >= 15 is 0 Å². The molecule has 0 atom stereocenters. The lowest BCUT2D eigenvalue weighted by Crippen LogP contribution is -2.19. The standard InChI is InChI=1S/C16H19ClN2O/c17-16-8-7-14(20-16)11-18-15-6-2-1-5-13(15)12-19-9-3-4-10-19/h1-2,5-8,18H,3-4,9-12H2. The maximum Gasteiger partial charge on any atom is 0.193 e. The first-order chi connectivity index (χ1) is 9.81. The van der Waals surface area contributed by atoms with Crippen LogP contribution in [0.3, 0.4) is 0 Å². The second-order valence-electron chi connectivity index (χ2n) is 5.20. The van der Waals surface area contributed by atoms with E-state index in [-0.39, 0.29) is 0 Å². The third-order valence-electron chi connectivity index (χ3n) is 3.69. The van der Waals surface area contributed by atoms with Crippen LogP contribution < -0.4 is 5.32 Å². The highest BCUT2D eigenvalue weighted by Crippen LogP contribution is 2.21. The first-order valence-electron chi connectivity index (χ1n) is 7.09. The molecule has 2 heterocycles. The van der Waals surface area contributed by atoms with Crippen LogP contribution in [-0.2, 0) is 13.1 Å². The van der Waals surface area contributed by atoms with Gasteiger partial charge in [0, 0.05) is 12.2 Å². The summed E-state index contributed by atoms with van der Waals surface area (Å²) in [5, 5.41) is 3.87. The number of nitrogens with zero attached hydrogens (tertiary/aromatic N) is 1. The molecule has 0 spiro atoms. The predicted molar refractivity (Wildman–Crippen MR) is 82.0 cm³/mol. The lowest BCUT2D eigenvalue weighted by Gasteiger charge is -2.18. The van der Waals surface area contributed by atoms with Gasteiger partial charge in [0.05, 0.1) is 6.54 Å². The zero-order chi connectivity index (χ0) is 13.8. The fraction of sp³-hybridized carbons (Fsp3) is 0.375. The normalized spacial score (nSPS) is 15.7. The Morgan fingerprint density at radius 1 is 1.10 bits per heavy atom. The molecule has 1 aromatic carbocycles. The Morgan fingerprint density at radius 2 is 1.90 bits per heavy atom. The van der Waals surface area contributed by atoms with Crippen LogP contribution in [0.5, 0.6) is 0 Å². The van der Waals surface area contributed by atoms with Crippen molar-refractivity contribution in [3.63, 3.8) is 0 Å². The average Bonchev–Trinajstić information content (AvgIpc) is 3.10. The van der Waals surface area contributed by atoms with Gasteiger partial charge in [-0.05, 0) is 61.3 Å². The number of hydrogen-bond acceptors (Lipinski definition) is 3. The van der Waals surface area contributed by atoms with Gasteiger partial charge in [-0.1, -0.05) is 18.2 Å². The lowest BCUT2D eigenvalue weighted by atomic mass is 10.1. The minimum Gasteiger partial charge on any atom is -0.448 e. The maximum atomic E-state index is 5.79. The Hall–Kier alpha value is -1.45. The summed E-state index contributed by atoms with van der Waals surface area (Å²) < 4.78 is 5.37. The van der Waals surface area contributed by atoms with E-state index in [0.29, 0.717) is 11.8 Å². The van der Waals surface area contributed by atoms with Gasteiger partial charge < -0.3 is 9.73 Å². The van der Waals surface area contributed by atoms with E-state index in [9.17, 15) is 0 Å². The van der Waals surface area contributed by atoms with Gasteiger partial charge in [0.25, 0.3) is 0 Å². The molecular weight excluding hydrogens is 272 g/mol. The van der Waals surface area contributed by atoms with Crippen LogP contribution in [0.2, 0.25) is 5.22 Å². The van der Waals surface area contributed by atoms with Gasteiger partial charge in [-0.2, -0.15) is 0 Å². The molecule has 3 rings (SSSR count). The molecule has 106 valence electrons. The Morgan fingerprint density at radius 3 is 2.65 bits per heavy atom. The van der Waals surface area contributed by atoms with E-state index < -0.39 is 0 Å². The first kappa shape index (κ1) is 13.5. The Kier molecular flexibility index (Phi) is 4.28. The smallest absolute Gasteiger partial charge is 0.193 e. The zero-order valence-electron chi connectivity index (χ0n) is 11.4. The fourth-order valence-corrected chi connectivity index (χ4v) is 2.80. The highest BCUT2D eigenvalue weighted by molar-refractivity contribution is 6.28. The minimum atomic E-state index is 0.437. The van der Waals surface area contributed by atoms with Crippen molar-refractivity contribution in [2.24, 2.45) is 0 Å². The second kappa shape index (κ2) is 6.33. The minimum absolute atomic E-state index is 0.437. The summed E-state index contributed by atoms with van der Waals surface area (Å²) in [6.45, 7) is 4.09. The molecule has 0 radical (unpaired) electrons. The van der Waals surface area contributed by atoms with E-state index in [4.69, 9.17) is 16.0 Å². The molecule has 0 unspecified atom stereocenters. The van der Waals surface area contributed by atoms with Gasteiger partial charge in [0.1, 0.15) is 5.76 Å². The number of halogens is 1. The van der Waals surface area contributed by atoms with Crippen molar-refractivity contribution in [1.29, 1.82) is 0 Å². The number of hydrogen-bond donors (Lipinski definition) is 1. The third-order valence-corrected chi connectivity index (χ3v) is 3.90. The third kappa shape index (κ3) is 3.35. The predicted octanol–water partition coefficient (Wildman–Crippen LogP) is 4.14. The summed E-state index contributed by atoms with van der Waals surface area (Å²) in [4.78, 5) is 2.50. The summed E-state index contributed by atoms with van der Waals surface area (Å²) in [6, 6.07) is 12.1. The van der Waals surface area contributed by atoms with Crippen molar-refractivity contribution in [3.05, 3.63) is 52.9 Å². The van der Waals surface area contributed by atoms with Gasteiger partial charge >= 0.3 is 0 Å². The first-order valence-corrected chi connectivity index (χ1v) is 7.47. The van der Waals surface area contributed by atoms with Crippen LogP contribution in [0, 0.1) is 0 Å². The fourth-order valence-electron chi connectivity index (χ4n) is 2.64. The molecule has 0 bridgehead atoms. The summed E-state index contributed by atoms with van der Waals surface area (Å²) in [7, 11) is 0. The molecule has 1 aliphatic rings. The zero-order valence-corrected chi connectivity index (χ0v) is 12.2. The quantitative estimate of drug-likeness (QED) is 0.897. The second-order valence-corrected chi connectivity index (χ2v) is 5.57. The van der Waals surface area contributed by atoms with Gasteiger partial charge in [0.15, 0.2) is 5.22 Å². The van der Waals surface area contributed by atoms with Gasteiger partial charge in [0.2, 0.25) is 0 Å². The largest absolute Gasteiger partial charge is 0.448 e. The highest BCUT2D eigenvalue weighted by atomic mass is 35.5. The molecule has 1 aromatic heterocycles. The maximum absolute atomic E-state index is 5.79. The van der Waals surface area contributed by atoms with Gasteiger partial charge in [-0.15, -0.1) is 0 Å². The number of rotatable bonds is 5. The van der Waals surface area contributed by atoms with E-state index in [1.807, 2.05) is 6.07 Å². The topological polar surface area (TPSA) is 28.4 Å². The van der Waals surface area contributed by atoms with E-state index in [0.717, 1.165) is 12.3 Å². The van der Waals surface area contributed by atoms with Crippen molar-refractivity contribution in [1.82, 2.24) is 4.90 Å². The van der Waals surface area contributed by atoms with Crippen LogP contribution in [0.4, 0.5) is 5.69 Å². The number of nitrogens with one attached hydrogen (secondary N) is 1. The number of furan rings is 1. The van der Waals surface area contributed by atoms with E-state index in [2.05, 4.69) is 34.5 Å². The van der Waals surface area contributed by atoms with Crippen molar-refractivity contribution >= 4 is 17.3 Å². The molecule has 1 aliphatic heterocycles. The van der Waals surface area contributed by atoms with E-state index in [1.54, 1.807) is 6.07 Å². The van der Waals surface area contributed by atoms with Crippen molar-refractivity contribution < 1.29 is 4.42 Å². The highest BCUT2D eigenvalue weighted by Gasteiger charge is 2.13. The molecule has 0 saturated carbocycles. The molecular formula is C16H19ClN2O. The number of anilines is 1. The molecule has 2 aromatic rings. The molecule has 1 saturated heterocycles. The van der Waals surface area contributed by atoms with Crippen molar-refractivity contribution in [2.75, 3.05) is 18.4 Å². The number of para-hydroxylation sites is 1. The number of likely N-dealkylation sites (tertiary alicyclic amines) is 1. The molecule has 3 nitrogen and oxygen atoms in total. The SMILES string of the molecule is Clc1ccc(CNc2ccccc2CN2CCCC2)o1. The van der Waals surface area contributed by atoms with E-state index in [1.165, 1.54) is 37.2 Å². The summed E-state index contributed by atoms with van der Waals surface area (Å²) in [6.07, 6.45) is 2.64. The number of benzene rings is 1. The molecule has 20 heavy (non-hydrogen) atoms. The van der Waals surface area contributed by atoms with Crippen LogP contribution in [0.15, 0.2) is 40.8 Å². The van der Waals surface area contributed by atoms with Crippen LogP contribution in [0.1, 0.15) is 24.2 Å². The van der Waals surface area contributed by atoms with Crippen LogP contribution in [0.25, 0.3) is 0 Å². The Balaban J connectivity index is 1.65. The van der Waals surface area contributed by atoms with Crippen molar-refractivity contribution in [2.45, 2.75) is 25.9 Å². The lowest BCUT2D eigenvalue weighted by molar-refractivity contribution is 0.332. The Labute approximate surface area is 124 Å². The molecule has 4 heteroatoms. The van der Waals surface area contributed by atoms with Gasteiger partial charge in [-0.25, -0.2) is 0 Å². The van der Waals surface area contributed by atoms with Crippen LogP contribution in [-0.4, -0.2) is 18.0 Å². The molecule has 0 amide bonds. The Bertz CT molecular complexity index is 561. The molecule has 1 fully saturated rings. The molecule has 1 N–H and O–H groups in total. The average molecular weight is 291 g/mol. The summed E-state index contributed by atoms with van der Waals surface area (Å²) in [5.41, 5.74) is 2.51.